The molecular formula is C23H24N2O6. The van der Waals surface area contributed by atoms with Crippen LogP contribution in [-0.4, -0.2) is 42.9 Å². The molecular weight excluding hydrogens is 400 g/mol. The fraction of sp³-hybridized carbons (Fsp3) is 0.348. The van der Waals surface area contributed by atoms with Crippen LogP contribution in [0.1, 0.15) is 46.1 Å². The number of benzene rings is 2. The number of nitrogens with zero attached hydrogens (tertiary/aromatic N) is 1. The third-order valence-electron chi connectivity index (χ3n) is 5.94. The van der Waals surface area contributed by atoms with E-state index in [0.717, 1.165) is 11.1 Å². The van der Waals surface area contributed by atoms with E-state index in [4.69, 9.17) is 14.2 Å². The molecule has 0 radical (unpaired) electrons. The zero-order chi connectivity index (χ0) is 22.3. The van der Waals surface area contributed by atoms with E-state index in [-0.39, 0.29) is 29.5 Å². The lowest BCUT2D eigenvalue weighted by molar-refractivity contribution is -0.144. The summed E-state index contributed by atoms with van der Waals surface area (Å²) in [6, 6.07) is 8.21. The molecule has 2 amide bonds. The third kappa shape index (κ3) is 3.37. The van der Waals surface area contributed by atoms with Crippen LogP contribution in [0.2, 0.25) is 0 Å². The zero-order valence-corrected chi connectivity index (χ0v) is 17.9. The molecule has 0 aromatic heterocycles. The number of rotatable bonds is 5. The van der Waals surface area contributed by atoms with Gasteiger partial charge in [-0.05, 0) is 49.6 Å². The summed E-state index contributed by atoms with van der Waals surface area (Å²) in [5.41, 5.74) is 3.39. The van der Waals surface area contributed by atoms with Crippen molar-refractivity contribution in [3.8, 4) is 11.5 Å². The monoisotopic (exact) mass is 424 g/mol. The van der Waals surface area contributed by atoms with E-state index in [1.54, 1.807) is 12.1 Å². The van der Waals surface area contributed by atoms with E-state index in [9.17, 15) is 14.4 Å². The second kappa shape index (κ2) is 7.94. The second-order valence-electron chi connectivity index (χ2n) is 7.62. The summed E-state index contributed by atoms with van der Waals surface area (Å²) >= 11 is 0. The molecule has 162 valence electrons. The van der Waals surface area contributed by atoms with E-state index in [2.05, 4.69) is 5.32 Å². The van der Waals surface area contributed by atoms with Crippen LogP contribution in [0.3, 0.4) is 0 Å². The maximum Gasteiger partial charge on any atom is 0.344 e. The first-order valence-corrected chi connectivity index (χ1v) is 10.0. The number of aryl methyl sites for hydroxylation is 1. The molecule has 2 heterocycles. The number of likely N-dealkylation sites (tertiary alicyclic amines) is 1. The number of amides is 2. The van der Waals surface area contributed by atoms with Crippen molar-refractivity contribution in [2.24, 2.45) is 0 Å². The Balaban J connectivity index is 1.66. The predicted octanol–water partition coefficient (Wildman–Crippen LogP) is 3.12. The Hall–Kier alpha value is -3.55. The Labute approximate surface area is 180 Å². The fourth-order valence-corrected chi connectivity index (χ4v) is 4.15. The van der Waals surface area contributed by atoms with Gasteiger partial charge < -0.3 is 19.5 Å². The van der Waals surface area contributed by atoms with Gasteiger partial charge in [0.15, 0.2) is 11.5 Å². The van der Waals surface area contributed by atoms with Gasteiger partial charge in [0.1, 0.15) is 11.6 Å². The summed E-state index contributed by atoms with van der Waals surface area (Å²) in [5.74, 6) is -0.554. The molecule has 2 aliphatic heterocycles. The molecule has 2 unspecified atom stereocenters. The van der Waals surface area contributed by atoms with Crippen molar-refractivity contribution < 1.29 is 28.6 Å². The standard InChI is InChI=1S/C23H24N2O6/c1-12-6-5-7-15(13(12)2)24-21(27)16-9-11-18(26)25(16)22-14-8-10-17(29-3)20(30-4)19(14)23(28)31-22/h5-8,10,16,22H,9,11H2,1-4H3,(H,24,27). The number of hydrogen-bond acceptors (Lipinski definition) is 6. The summed E-state index contributed by atoms with van der Waals surface area (Å²) in [6.45, 7) is 3.89. The Kier molecular flexibility index (Phi) is 5.31. The maximum absolute atomic E-state index is 13.1. The van der Waals surface area contributed by atoms with Crippen LogP contribution in [-0.2, 0) is 14.3 Å². The van der Waals surface area contributed by atoms with Crippen molar-refractivity contribution in [3.63, 3.8) is 0 Å². The number of ether oxygens (including phenoxy) is 3. The minimum atomic E-state index is -0.994. The van der Waals surface area contributed by atoms with Gasteiger partial charge in [-0.2, -0.15) is 0 Å². The van der Waals surface area contributed by atoms with Gasteiger partial charge in [0, 0.05) is 17.7 Å². The topological polar surface area (TPSA) is 94.2 Å². The summed E-state index contributed by atoms with van der Waals surface area (Å²) in [7, 11) is 2.90. The van der Waals surface area contributed by atoms with Crippen molar-refractivity contribution in [1.82, 2.24) is 4.90 Å². The summed E-state index contributed by atoms with van der Waals surface area (Å²) in [4.78, 5) is 39.9. The highest BCUT2D eigenvalue weighted by Crippen LogP contribution is 2.45. The third-order valence-corrected chi connectivity index (χ3v) is 5.94. The fourth-order valence-electron chi connectivity index (χ4n) is 4.15. The Morgan fingerprint density at radius 1 is 1.13 bits per heavy atom. The molecule has 2 aromatic rings. The van der Waals surface area contributed by atoms with Crippen molar-refractivity contribution >= 4 is 23.5 Å². The van der Waals surface area contributed by atoms with Crippen LogP contribution >= 0.6 is 0 Å². The molecule has 0 bridgehead atoms. The van der Waals surface area contributed by atoms with Crippen LogP contribution < -0.4 is 14.8 Å². The number of nitrogens with one attached hydrogen (secondary N) is 1. The first-order valence-electron chi connectivity index (χ1n) is 10.0. The lowest BCUT2D eigenvalue weighted by Gasteiger charge is -2.29. The van der Waals surface area contributed by atoms with E-state index < -0.39 is 18.2 Å². The lowest BCUT2D eigenvalue weighted by Crippen LogP contribution is -2.44. The van der Waals surface area contributed by atoms with Crippen LogP contribution in [0.25, 0.3) is 0 Å². The van der Waals surface area contributed by atoms with Gasteiger partial charge in [-0.15, -0.1) is 0 Å². The van der Waals surface area contributed by atoms with Gasteiger partial charge >= 0.3 is 5.97 Å². The molecule has 8 nitrogen and oxygen atoms in total. The van der Waals surface area contributed by atoms with Crippen LogP contribution in [0.15, 0.2) is 30.3 Å². The number of carbonyl (C=O) groups excluding carboxylic acids is 3. The molecule has 2 atom stereocenters. The normalized spacial score (nSPS) is 19.8. The number of esters is 1. The van der Waals surface area contributed by atoms with Crippen molar-refractivity contribution in [1.29, 1.82) is 0 Å². The quantitative estimate of drug-likeness (QED) is 0.742. The van der Waals surface area contributed by atoms with Gasteiger partial charge in [-0.25, -0.2) is 4.79 Å². The molecule has 4 rings (SSSR count). The molecule has 2 aliphatic rings. The molecule has 1 fully saturated rings. The zero-order valence-electron chi connectivity index (χ0n) is 17.9. The van der Waals surface area contributed by atoms with Gasteiger partial charge in [-0.3, -0.25) is 14.5 Å². The van der Waals surface area contributed by atoms with E-state index >= 15 is 0 Å². The molecule has 1 N–H and O–H groups in total. The van der Waals surface area contributed by atoms with Crippen LogP contribution in [0, 0.1) is 13.8 Å². The smallest absolute Gasteiger partial charge is 0.344 e. The summed E-state index contributed by atoms with van der Waals surface area (Å²) < 4.78 is 16.2. The highest BCUT2D eigenvalue weighted by atomic mass is 16.6. The van der Waals surface area contributed by atoms with Crippen molar-refractivity contribution in [2.45, 2.75) is 39.0 Å². The van der Waals surface area contributed by atoms with Gasteiger partial charge in [-0.1, -0.05) is 12.1 Å². The minimum absolute atomic E-state index is 0.196. The molecule has 2 aromatic carbocycles. The van der Waals surface area contributed by atoms with Gasteiger partial charge in [0.2, 0.25) is 18.0 Å². The molecule has 0 saturated carbocycles. The van der Waals surface area contributed by atoms with E-state index in [0.29, 0.717) is 23.4 Å². The van der Waals surface area contributed by atoms with Crippen LogP contribution in [0.4, 0.5) is 5.69 Å². The highest BCUT2D eigenvalue weighted by molar-refractivity contribution is 6.01. The number of methoxy groups -OCH3 is 2. The summed E-state index contributed by atoms with van der Waals surface area (Å²) in [5, 5.41) is 2.92. The maximum atomic E-state index is 13.1. The summed E-state index contributed by atoms with van der Waals surface area (Å²) in [6.07, 6.45) is -0.458. The number of hydrogen-bond donors (Lipinski definition) is 1. The molecule has 0 aliphatic carbocycles. The highest BCUT2D eigenvalue weighted by Gasteiger charge is 2.47. The Bertz CT molecular complexity index is 1080. The minimum Gasteiger partial charge on any atom is -0.493 e. The van der Waals surface area contributed by atoms with Gasteiger partial charge in [0.05, 0.1) is 14.2 Å². The second-order valence-corrected chi connectivity index (χ2v) is 7.62. The van der Waals surface area contributed by atoms with Crippen LogP contribution in [0.5, 0.6) is 11.5 Å². The lowest BCUT2D eigenvalue weighted by atomic mass is 10.0. The number of anilines is 1. The molecule has 8 heteroatoms. The molecule has 31 heavy (non-hydrogen) atoms. The van der Waals surface area contributed by atoms with E-state index in [1.807, 2.05) is 32.0 Å². The molecule has 0 spiro atoms. The molecule has 1 saturated heterocycles. The predicted molar refractivity (Wildman–Crippen MR) is 112 cm³/mol. The van der Waals surface area contributed by atoms with E-state index in [1.165, 1.54) is 19.1 Å². The Morgan fingerprint density at radius 2 is 1.90 bits per heavy atom. The largest absolute Gasteiger partial charge is 0.493 e. The average molecular weight is 424 g/mol. The Morgan fingerprint density at radius 3 is 2.61 bits per heavy atom. The number of carbonyl (C=O) groups is 3. The van der Waals surface area contributed by atoms with Crippen molar-refractivity contribution in [2.75, 3.05) is 19.5 Å². The first kappa shape index (κ1) is 20.7. The number of cyclic esters (lactones) is 1. The van der Waals surface area contributed by atoms with Gasteiger partial charge in [0.25, 0.3) is 0 Å². The SMILES string of the molecule is COc1ccc2c(c1OC)C(=O)OC2N1C(=O)CCC1C(=O)Nc1cccc(C)c1C. The first-order chi connectivity index (χ1) is 14.9. The average Bonchev–Trinajstić information content (AvgIpc) is 3.30. The number of fused-ring (bicyclic) bond motifs is 1. The van der Waals surface area contributed by atoms with Crippen molar-refractivity contribution in [3.05, 3.63) is 52.6 Å².